The first-order valence-corrected chi connectivity index (χ1v) is 10.5. The Morgan fingerprint density at radius 3 is 2.68 bits per heavy atom. The summed E-state index contributed by atoms with van der Waals surface area (Å²) in [5.41, 5.74) is 6.44. The lowest BCUT2D eigenvalue weighted by Gasteiger charge is -2.20. The number of amides is 1. The van der Waals surface area contributed by atoms with Crippen LogP contribution < -0.4 is 11.1 Å². The van der Waals surface area contributed by atoms with Crippen molar-refractivity contribution in [3.63, 3.8) is 0 Å². The minimum atomic E-state index is -4.59. The number of nitrogens with zero attached hydrogens (tertiary/aromatic N) is 1. The summed E-state index contributed by atoms with van der Waals surface area (Å²) in [6.07, 6.45) is -2.04. The zero-order valence-corrected chi connectivity index (χ0v) is 18.6. The van der Waals surface area contributed by atoms with Crippen LogP contribution in [0.1, 0.15) is 34.8 Å². The van der Waals surface area contributed by atoms with Crippen LogP contribution in [0.3, 0.4) is 0 Å². The maximum Gasteiger partial charge on any atom is 0.415 e. The maximum atomic E-state index is 14.8. The van der Waals surface area contributed by atoms with Gasteiger partial charge in [0, 0.05) is 29.2 Å². The third kappa shape index (κ3) is 5.63. The molecule has 2 heterocycles. The maximum absolute atomic E-state index is 14.8. The largest absolute Gasteiger partial charge is 0.415 e. The number of benzene rings is 1. The molecule has 3 N–H and O–H groups in total. The lowest BCUT2D eigenvalue weighted by atomic mass is 10.0. The first-order valence-electron chi connectivity index (χ1n) is 10.5. The van der Waals surface area contributed by atoms with Crippen LogP contribution in [0.4, 0.5) is 23.4 Å². The summed E-state index contributed by atoms with van der Waals surface area (Å²) in [6, 6.07) is 1.59. The van der Waals surface area contributed by atoms with Gasteiger partial charge in [-0.3, -0.25) is 4.79 Å². The van der Waals surface area contributed by atoms with E-state index in [1.807, 2.05) is 6.92 Å². The number of allylic oxidation sites excluding steroid dienone is 2. The van der Waals surface area contributed by atoms with E-state index in [0.29, 0.717) is 24.0 Å². The number of carbonyl (C=O) groups excluding carboxylic acids is 1. The number of rotatable bonds is 9. The lowest BCUT2D eigenvalue weighted by molar-refractivity contribution is -0.0878. The Morgan fingerprint density at radius 1 is 1.29 bits per heavy atom. The Hall–Kier alpha value is -3.24. The number of nitrogen functional groups attached to an aromatic ring is 1. The Morgan fingerprint density at radius 2 is 2.00 bits per heavy atom. The molecule has 1 aliphatic heterocycles. The molecule has 1 aromatic heterocycles. The van der Waals surface area contributed by atoms with E-state index in [2.05, 4.69) is 23.5 Å². The molecule has 0 spiro atoms. The predicted octanol–water partition coefficient (Wildman–Crippen LogP) is 4.74. The molecule has 0 radical (unpaired) electrons. The fourth-order valence-corrected chi connectivity index (χ4v) is 3.41. The van der Waals surface area contributed by atoms with Gasteiger partial charge in [-0.05, 0) is 23.6 Å². The molecule has 0 unspecified atom stereocenters. The molecule has 0 fully saturated rings. The van der Waals surface area contributed by atoms with Crippen LogP contribution in [0.2, 0.25) is 0 Å². The van der Waals surface area contributed by atoms with Gasteiger partial charge in [0.05, 0.1) is 36.9 Å². The highest BCUT2D eigenvalue weighted by molar-refractivity contribution is 5.99. The normalized spacial score (nSPS) is 14.4. The van der Waals surface area contributed by atoms with Crippen molar-refractivity contribution < 1.29 is 31.8 Å². The molecule has 1 amide bonds. The summed E-state index contributed by atoms with van der Waals surface area (Å²) in [6.45, 7) is 9.42. The second kappa shape index (κ2) is 10.4. The van der Waals surface area contributed by atoms with Crippen molar-refractivity contribution in [2.45, 2.75) is 38.8 Å². The Labute approximate surface area is 194 Å². The standard InChI is InChI=1S/C24H25F4N3O3/c1-4-7-33-12-21(13(2)5-6-14(3)24(26,27)28)31-23(32)16-8-15-17-10-34-11-18(17)22(29)30-20(15)9-19(16)25/h5-6,8-9,21H,2-4,7,10-12H2,1H3,(H2,29,30)(H,31,32)/b6-5-/t21-/m1/s1. The van der Waals surface area contributed by atoms with Gasteiger partial charge in [0.25, 0.3) is 5.91 Å². The average Bonchev–Trinajstić information content (AvgIpc) is 3.26. The van der Waals surface area contributed by atoms with Crippen molar-refractivity contribution in [2.24, 2.45) is 0 Å². The fourth-order valence-electron chi connectivity index (χ4n) is 3.41. The summed E-state index contributed by atoms with van der Waals surface area (Å²) in [7, 11) is 0. The number of carbonyl (C=O) groups is 1. The summed E-state index contributed by atoms with van der Waals surface area (Å²) < 4.78 is 63.9. The van der Waals surface area contributed by atoms with Gasteiger partial charge in [0.15, 0.2) is 0 Å². The van der Waals surface area contributed by atoms with Crippen molar-refractivity contribution in [3.8, 4) is 0 Å². The van der Waals surface area contributed by atoms with Crippen molar-refractivity contribution in [3.05, 3.63) is 71.1 Å². The number of hydrogen-bond donors (Lipinski definition) is 2. The number of nitrogens with two attached hydrogens (primary N) is 1. The smallest absolute Gasteiger partial charge is 0.383 e. The van der Waals surface area contributed by atoms with Crippen LogP contribution in [-0.4, -0.2) is 36.3 Å². The fraction of sp³-hybridized carbons (Fsp3) is 0.333. The highest BCUT2D eigenvalue weighted by Gasteiger charge is 2.30. The zero-order valence-electron chi connectivity index (χ0n) is 18.6. The van der Waals surface area contributed by atoms with Gasteiger partial charge in [-0.15, -0.1) is 0 Å². The van der Waals surface area contributed by atoms with Crippen LogP contribution in [0.25, 0.3) is 10.9 Å². The third-order valence-electron chi connectivity index (χ3n) is 5.31. The molecule has 10 heteroatoms. The topological polar surface area (TPSA) is 86.5 Å². The second-order valence-electron chi connectivity index (χ2n) is 7.83. The van der Waals surface area contributed by atoms with E-state index in [1.54, 1.807) is 0 Å². The number of hydrogen-bond acceptors (Lipinski definition) is 5. The number of ether oxygens (including phenoxy) is 2. The second-order valence-corrected chi connectivity index (χ2v) is 7.83. The summed E-state index contributed by atoms with van der Waals surface area (Å²) in [4.78, 5) is 17.2. The minimum Gasteiger partial charge on any atom is -0.383 e. The Balaban J connectivity index is 1.87. The number of pyridine rings is 1. The van der Waals surface area contributed by atoms with Gasteiger partial charge in [-0.25, -0.2) is 9.37 Å². The zero-order chi connectivity index (χ0) is 25.0. The Bertz CT molecular complexity index is 1160. The highest BCUT2D eigenvalue weighted by atomic mass is 19.4. The quantitative estimate of drug-likeness (QED) is 0.308. The molecular formula is C24H25F4N3O3. The van der Waals surface area contributed by atoms with Crippen LogP contribution in [0, 0.1) is 5.82 Å². The molecule has 1 atom stereocenters. The Kier molecular flexibility index (Phi) is 7.73. The third-order valence-corrected chi connectivity index (χ3v) is 5.31. The summed E-state index contributed by atoms with van der Waals surface area (Å²) >= 11 is 0. The first-order chi connectivity index (χ1) is 16.0. The van der Waals surface area contributed by atoms with Gasteiger partial charge in [0.2, 0.25) is 0 Å². The van der Waals surface area contributed by atoms with Crippen molar-refractivity contribution in [1.82, 2.24) is 10.3 Å². The number of halogens is 4. The summed E-state index contributed by atoms with van der Waals surface area (Å²) in [5.74, 6) is -1.36. The first kappa shape index (κ1) is 25.4. The molecule has 182 valence electrons. The number of nitrogens with one attached hydrogen (secondary N) is 1. The van der Waals surface area contributed by atoms with Gasteiger partial charge in [-0.2, -0.15) is 13.2 Å². The van der Waals surface area contributed by atoms with Gasteiger partial charge < -0.3 is 20.5 Å². The van der Waals surface area contributed by atoms with Crippen LogP contribution in [-0.2, 0) is 22.7 Å². The number of aromatic nitrogens is 1. The van der Waals surface area contributed by atoms with E-state index in [-0.39, 0.29) is 42.3 Å². The predicted molar refractivity (Wildman–Crippen MR) is 120 cm³/mol. The van der Waals surface area contributed by atoms with Crippen LogP contribution in [0.15, 0.2) is 48.6 Å². The average molecular weight is 479 g/mol. The van der Waals surface area contributed by atoms with Crippen molar-refractivity contribution in [1.29, 1.82) is 0 Å². The molecular weight excluding hydrogens is 454 g/mol. The van der Waals surface area contributed by atoms with Gasteiger partial charge in [0.1, 0.15) is 11.6 Å². The van der Waals surface area contributed by atoms with E-state index < -0.39 is 29.5 Å². The molecule has 1 aliphatic rings. The van der Waals surface area contributed by atoms with Crippen molar-refractivity contribution >= 4 is 22.6 Å². The van der Waals surface area contributed by atoms with Gasteiger partial charge in [-0.1, -0.05) is 32.2 Å². The van der Waals surface area contributed by atoms with E-state index >= 15 is 0 Å². The number of anilines is 1. The van der Waals surface area contributed by atoms with E-state index in [0.717, 1.165) is 23.8 Å². The van der Waals surface area contributed by atoms with Crippen molar-refractivity contribution in [2.75, 3.05) is 18.9 Å². The van der Waals surface area contributed by atoms with E-state index in [4.69, 9.17) is 15.2 Å². The SMILES string of the molecule is C=C(/C=C\C(=C)C(F)(F)F)[C@@H](COCCC)NC(=O)c1cc2c3c(c(N)nc2cc1F)COC3. The molecule has 0 bridgehead atoms. The minimum absolute atomic E-state index is 0.0578. The van der Waals surface area contributed by atoms with E-state index in [9.17, 15) is 22.4 Å². The molecule has 3 rings (SSSR count). The monoisotopic (exact) mass is 479 g/mol. The lowest BCUT2D eigenvalue weighted by Crippen LogP contribution is -2.39. The highest BCUT2D eigenvalue weighted by Crippen LogP contribution is 2.32. The molecule has 6 nitrogen and oxygen atoms in total. The number of fused-ring (bicyclic) bond motifs is 3. The van der Waals surface area contributed by atoms with Crippen LogP contribution in [0.5, 0.6) is 0 Å². The molecule has 0 saturated heterocycles. The molecule has 34 heavy (non-hydrogen) atoms. The molecule has 1 aromatic carbocycles. The van der Waals surface area contributed by atoms with Crippen LogP contribution >= 0.6 is 0 Å². The number of alkyl halides is 3. The summed E-state index contributed by atoms with van der Waals surface area (Å²) in [5, 5.41) is 3.13. The van der Waals surface area contributed by atoms with Gasteiger partial charge >= 0.3 is 6.18 Å². The van der Waals surface area contributed by atoms with E-state index in [1.165, 1.54) is 6.07 Å². The molecule has 2 aromatic rings. The molecule has 0 aliphatic carbocycles. The molecule has 0 saturated carbocycles.